The Balaban J connectivity index is 1.63. The maximum absolute atomic E-state index is 12.9. The molecule has 1 aliphatic carbocycles. The number of carbonyl (C=O) groups excluding carboxylic acids is 2. The van der Waals surface area contributed by atoms with Crippen molar-refractivity contribution in [2.24, 2.45) is 5.92 Å². The molecule has 0 radical (unpaired) electrons. The summed E-state index contributed by atoms with van der Waals surface area (Å²) in [7, 11) is 0. The molecule has 1 saturated heterocycles. The third-order valence-electron chi connectivity index (χ3n) is 4.09. The van der Waals surface area contributed by atoms with E-state index in [1.54, 1.807) is 4.90 Å². The third-order valence-corrected chi connectivity index (χ3v) is 4.09. The monoisotopic (exact) mass is 290 g/mol. The number of hydrogen-bond donors (Lipinski definition) is 1. The zero-order valence-electron chi connectivity index (χ0n) is 11.8. The highest BCUT2D eigenvalue weighted by Crippen LogP contribution is 2.23. The molecule has 1 atom stereocenters. The molecule has 0 aromatic heterocycles. The minimum absolute atomic E-state index is 0.0640. The normalized spacial score (nSPS) is 22.0. The van der Waals surface area contributed by atoms with Gasteiger partial charge in [-0.15, -0.1) is 0 Å². The molecule has 1 N–H and O–H groups in total. The van der Waals surface area contributed by atoms with E-state index in [1.807, 2.05) is 0 Å². The van der Waals surface area contributed by atoms with Crippen LogP contribution in [0.3, 0.4) is 0 Å². The molecule has 1 aromatic carbocycles. The molecule has 4 nitrogen and oxygen atoms in total. The lowest BCUT2D eigenvalue weighted by molar-refractivity contribution is -0.126. The summed E-state index contributed by atoms with van der Waals surface area (Å²) in [4.78, 5) is 26.2. The fourth-order valence-corrected chi connectivity index (χ4v) is 2.70. The van der Waals surface area contributed by atoms with Crippen molar-refractivity contribution in [3.05, 3.63) is 35.6 Å². The fraction of sp³-hybridized carbons (Fsp3) is 0.500. The Morgan fingerprint density at radius 1 is 1.14 bits per heavy atom. The highest BCUT2D eigenvalue weighted by molar-refractivity contribution is 5.94. The Hall–Kier alpha value is -1.91. The van der Waals surface area contributed by atoms with Crippen molar-refractivity contribution in [3.63, 3.8) is 0 Å². The molecule has 5 heteroatoms. The summed E-state index contributed by atoms with van der Waals surface area (Å²) >= 11 is 0. The summed E-state index contributed by atoms with van der Waals surface area (Å²) in [6, 6.07) is 5.90. The summed E-state index contributed by atoms with van der Waals surface area (Å²) in [6.45, 7) is 1.11. The molecule has 1 heterocycles. The minimum atomic E-state index is -0.355. The van der Waals surface area contributed by atoms with Crippen molar-refractivity contribution in [1.82, 2.24) is 10.2 Å². The Morgan fingerprint density at radius 3 is 2.52 bits per heavy atom. The van der Waals surface area contributed by atoms with Crippen LogP contribution in [0.15, 0.2) is 24.3 Å². The third kappa shape index (κ3) is 3.40. The van der Waals surface area contributed by atoms with Gasteiger partial charge >= 0.3 is 0 Å². The van der Waals surface area contributed by atoms with E-state index < -0.39 is 0 Å². The Kier molecular flexibility index (Phi) is 3.90. The van der Waals surface area contributed by atoms with Gasteiger partial charge in [-0.1, -0.05) is 0 Å². The number of halogens is 1. The van der Waals surface area contributed by atoms with Gasteiger partial charge < -0.3 is 10.2 Å². The molecule has 1 saturated carbocycles. The van der Waals surface area contributed by atoms with Crippen molar-refractivity contribution >= 4 is 11.8 Å². The van der Waals surface area contributed by atoms with E-state index in [9.17, 15) is 14.0 Å². The second kappa shape index (κ2) is 5.84. The van der Waals surface area contributed by atoms with Gasteiger partial charge in [0, 0.05) is 24.7 Å². The average Bonchev–Trinajstić information content (AvgIpc) is 3.31. The van der Waals surface area contributed by atoms with Gasteiger partial charge in [0.1, 0.15) is 5.82 Å². The number of nitrogens with one attached hydrogen (secondary N) is 1. The van der Waals surface area contributed by atoms with Crippen LogP contribution in [0.4, 0.5) is 4.39 Å². The molecule has 3 rings (SSSR count). The average molecular weight is 290 g/mol. The van der Waals surface area contributed by atoms with Crippen LogP contribution in [0.25, 0.3) is 0 Å². The van der Waals surface area contributed by atoms with Gasteiger partial charge in [0.15, 0.2) is 0 Å². The summed E-state index contributed by atoms with van der Waals surface area (Å²) in [6.07, 6.45) is 3.79. The topological polar surface area (TPSA) is 49.4 Å². The number of rotatable bonds is 3. The van der Waals surface area contributed by atoms with Gasteiger partial charge in [-0.3, -0.25) is 9.59 Å². The smallest absolute Gasteiger partial charge is 0.253 e. The number of amides is 2. The SMILES string of the molecule is O=C(NC1CC1)[C@@H]1CCCN(C(=O)c2ccc(F)cc2)C1. The van der Waals surface area contributed by atoms with E-state index in [0.29, 0.717) is 24.7 Å². The van der Waals surface area contributed by atoms with Crippen LogP contribution >= 0.6 is 0 Å². The second-order valence-corrected chi connectivity index (χ2v) is 5.88. The zero-order valence-corrected chi connectivity index (χ0v) is 11.8. The molecular formula is C16H19FN2O2. The standard InChI is InChI=1S/C16H19FN2O2/c17-13-5-3-11(4-6-13)16(21)19-9-1-2-12(10-19)15(20)18-14-7-8-14/h3-6,12,14H,1-2,7-10H2,(H,18,20)/t12-/m1/s1. The molecule has 0 bridgehead atoms. The van der Waals surface area contributed by atoms with Crippen molar-refractivity contribution in [1.29, 1.82) is 0 Å². The van der Waals surface area contributed by atoms with Crippen molar-refractivity contribution in [2.75, 3.05) is 13.1 Å². The van der Waals surface area contributed by atoms with Gasteiger partial charge in [0.2, 0.25) is 5.91 Å². The molecule has 2 amide bonds. The van der Waals surface area contributed by atoms with E-state index in [-0.39, 0.29) is 23.5 Å². The molecular weight excluding hydrogens is 271 g/mol. The van der Waals surface area contributed by atoms with Crippen molar-refractivity contribution < 1.29 is 14.0 Å². The molecule has 112 valence electrons. The summed E-state index contributed by atoms with van der Waals surface area (Å²) < 4.78 is 12.9. The zero-order chi connectivity index (χ0) is 14.8. The first kappa shape index (κ1) is 14.0. The maximum atomic E-state index is 12.9. The largest absolute Gasteiger partial charge is 0.353 e. The first-order valence-electron chi connectivity index (χ1n) is 7.49. The fourth-order valence-electron chi connectivity index (χ4n) is 2.70. The molecule has 21 heavy (non-hydrogen) atoms. The first-order valence-corrected chi connectivity index (χ1v) is 7.49. The number of hydrogen-bond acceptors (Lipinski definition) is 2. The molecule has 1 aromatic rings. The summed E-state index contributed by atoms with van der Waals surface area (Å²) in [5, 5.41) is 3.00. The molecule has 0 spiro atoms. The molecule has 2 fully saturated rings. The Morgan fingerprint density at radius 2 is 1.86 bits per heavy atom. The van der Waals surface area contributed by atoms with E-state index in [1.165, 1.54) is 24.3 Å². The van der Waals surface area contributed by atoms with Gasteiger partial charge in [-0.2, -0.15) is 0 Å². The van der Waals surface area contributed by atoms with Crippen LogP contribution < -0.4 is 5.32 Å². The second-order valence-electron chi connectivity index (χ2n) is 5.88. The first-order chi connectivity index (χ1) is 10.1. The molecule has 0 unspecified atom stereocenters. The van der Waals surface area contributed by atoms with Crippen LogP contribution in [-0.2, 0) is 4.79 Å². The number of likely N-dealkylation sites (tertiary alicyclic amines) is 1. The Labute approximate surface area is 123 Å². The van der Waals surface area contributed by atoms with Crippen molar-refractivity contribution in [2.45, 2.75) is 31.7 Å². The van der Waals surface area contributed by atoms with Crippen LogP contribution in [0, 0.1) is 11.7 Å². The number of carbonyl (C=O) groups is 2. The number of nitrogens with zero attached hydrogens (tertiary/aromatic N) is 1. The lowest BCUT2D eigenvalue weighted by atomic mass is 9.96. The van der Waals surface area contributed by atoms with Gasteiger partial charge in [-0.25, -0.2) is 4.39 Å². The lowest BCUT2D eigenvalue weighted by Crippen LogP contribution is -2.45. The number of piperidine rings is 1. The minimum Gasteiger partial charge on any atom is -0.353 e. The van der Waals surface area contributed by atoms with Crippen LogP contribution in [0.1, 0.15) is 36.0 Å². The van der Waals surface area contributed by atoms with E-state index in [0.717, 1.165) is 25.7 Å². The van der Waals surface area contributed by atoms with Crippen molar-refractivity contribution in [3.8, 4) is 0 Å². The summed E-state index contributed by atoms with van der Waals surface area (Å²) in [5.74, 6) is -0.538. The van der Waals surface area contributed by atoms with E-state index >= 15 is 0 Å². The number of benzene rings is 1. The van der Waals surface area contributed by atoms with Gasteiger partial charge in [0.05, 0.1) is 5.92 Å². The quantitative estimate of drug-likeness (QED) is 0.925. The molecule has 2 aliphatic rings. The van der Waals surface area contributed by atoms with Crippen LogP contribution in [0.2, 0.25) is 0 Å². The molecule has 1 aliphatic heterocycles. The lowest BCUT2D eigenvalue weighted by Gasteiger charge is -2.32. The summed E-state index contributed by atoms with van der Waals surface area (Å²) in [5.41, 5.74) is 0.472. The van der Waals surface area contributed by atoms with E-state index in [2.05, 4.69) is 5.32 Å². The highest BCUT2D eigenvalue weighted by Gasteiger charge is 2.32. The van der Waals surface area contributed by atoms with Crippen LogP contribution in [0.5, 0.6) is 0 Å². The van der Waals surface area contributed by atoms with Gasteiger partial charge in [0.25, 0.3) is 5.91 Å². The predicted molar refractivity (Wildman–Crippen MR) is 76.2 cm³/mol. The maximum Gasteiger partial charge on any atom is 0.253 e. The highest BCUT2D eigenvalue weighted by atomic mass is 19.1. The van der Waals surface area contributed by atoms with Crippen LogP contribution in [-0.4, -0.2) is 35.8 Å². The van der Waals surface area contributed by atoms with Gasteiger partial charge in [-0.05, 0) is 49.9 Å². The predicted octanol–water partition coefficient (Wildman–Crippen LogP) is 1.96. The van der Waals surface area contributed by atoms with E-state index in [4.69, 9.17) is 0 Å². The Bertz CT molecular complexity index is 540.